The van der Waals surface area contributed by atoms with Gasteiger partial charge in [0, 0.05) is 75.3 Å². The first-order chi connectivity index (χ1) is 21.7. The number of benzene rings is 1. The van der Waals surface area contributed by atoms with Crippen molar-refractivity contribution in [1.82, 2.24) is 29.7 Å². The smallest absolute Gasteiger partial charge is 0.410 e. The number of nitrogens with zero attached hydrogens (tertiary/aromatic N) is 7. The van der Waals surface area contributed by atoms with Crippen molar-refractivity contribution in [2.24, 2.45) is 0 Å². The molecule has 5 rings (SSSR count). The zero-order valence-corrected chi connectivity index (χ0v) is 27.4. The Morgan fingerprint density at radius 2 is 1.24 bits per heavy atom. The number of nitrogens with one attached hydrogen (secondary N) is 2. The maximum absolute atomic E-state index is 12.9. The zero-order chi connectivity index (χ0) is 33.1. The number of urea groups is 1. The predicted octanol–water partition coefficient (Wildman–Crippen LogP) is 4.91. The van der Waals surface area contributed by atoms with E-state index in [0.717, 1.165) is 16.8 Å². The van der Waals surface area contributed by atoms with Gasteiger partial charge in [-0.1, -0.05) is 0 Å². The second-order valence-electron chi connectivity index (χ2n) is 13.3. The van der Waals surface area contributed by atoms with Crippen LogP contribution >= 0.6 is 0 Å². The Balaban J connectivity index is 1.14. The molecular weight excluding hydrogens is 590 g/mol. The van der Waals surface area contributed by atoms with Crippen LogP contribution in [-0.4, -0.2) is 111 Å². The van der Waals surface area contributed by atoms with E-state index in [-0.39, 0.29) is 18.2 Å². The van der Waals surface area contributed by atoms with Gasteiger partial charge in [-0.3, -0.25) is 5.32 Å². The van der Waals surface area contributed by atoms with E-state index in [1.54, 1.807) is 33.0 Å². The number of piperazine rings is 2. The Bertz CT molecular complexity index is 1550. The van der Waals surface area contributed by atoms with E-state index in [0.29, 0.717) is 69.8 Å². The number of aromatic nitrogens is 3. The molecule has 0 saturated carbocycles. The molecular formula is C32H43N9O5. The molecule has 0 bridgehead atoms. The van der Waals surface area contributed by atoms with Crippen LogP contribution in [0.2, 0.25) is 0 Å². The molecule has 0 atom stereocenters. The molecule has 2 saturated heterocycles. The summed E-state index contributed by atoms with van der Waals surface area (Å²) < 4.78 is 10.9. The van der Waals surface area contributed by atoms with E-state index in [2.05, 4.69) is 30.5 Å². The van der Waals surface area contributed by atoms with Crippen molar-refractivity contribution in [3.63, 3.8) is 0 Å². The number of amides is 4. The highest BCUT2D eigenvalue weighted by atomic mass is 16.6. The van der Waals surface area contributed by atoms with Crippen molar-refractivity contribution < 1.29 is 23.9 Å². The van der Waals surface area contributed by atoms with E-state index in [9.17, 15) is 14.4 Å². The average molecular weight is 634 g/mol. The predicted molar refractivity (Wildman–Crippen MR) is 175 cm³/mol. The summed E-state index contributed by atoms with van der Waals surface area (Å²) in [6.07, 6.45) is 1.03. The number of ether oxygens (including phenoxy) is 2. The summed E-state index contributed by atoms with van der Waals surface area (Å²) >= 11 is 0. The van der Waals surface area contributed by atoms with Crippen molar-refractivity contribution in [3.05, 3.63) is 42.6 Å². The minimum absolute atomic E-state index is 0.277. The molecule has 0 aliphatic carbocycles. The normalized spacial score (nSPS) is 15.9. The fraction of sp³-hybridized carbons (Fsp3) is 0.500. The highest BCUT2D eigenvalue weighted by Crippen LogP contribution is 2.23. The summed E-state index contributed by atoms with van der Waals surface area (Å²) in [4.78, 5) is 58.4. The molecule has 2 aliphatic heterocycles. The lowest BCUT2D eigenvalue weighted by atomic mass is 10.2. The van der Waals surface area contributed by atoms with Crippen molar-refractivity contribution >= 4 is 52.4 Å². The van der Waals surface area contributed by atoms with Crippen LogP contribution in [0.15, 0.2) is 42.6 Å². The second kappa shape index (κ2) is 13.2. The van der Waals surface area contributed by atoms with Crippen molar-refractivity contribution in [3.8, 4) is 0 Å². The van der Waals surface area contributed by atoms with Gasteiger partial charge in [-0.05, 0) is 77.9 Å². The van der Waals surface area contributed by atoms with Gasteiger partial charge < -0.3 is 34.4 Å². The number of fused-ring (bicyclic) bond motifs is 1. The molecule has 3 aromatic rings. The van der Waals surface area contributed by atoms with Crippen molar-refractivity contribution in [2.75, 3.05) is 67.9 Å². The number of rotatable bonds is 4. The third-order valence-electron chi connectivity index (χ3n) is 7.32. The molecule has 2 aromatic heterocycles. The maximum Gasteiger partial charge on any atom is 0.410 e. The molecule has 246 valence electrons. The minimum Gasteiger partial charge on any atom is -0.444 e. The largest absolute Gasteiger partial charge is 0.444 e. The van der Waals surface area contributed by atoms with E-state index >= 15 is 0 Å². The van der Waals surface area contributed by atoms with E-state index in [1.165, 1.54) is 0 Å². The summed E-state index contributed by atoms with van der Waals surface area (Å²) in [7, 11) is 0. The number of carbonyl (C=O) groups is 3. The van der Waals surface area contributed by atoms with Gasteiger partial charge in [0.05, 0.1) is 0 Å². The van der Waals surface area contributed by atoms with Gasteiger partial charge >= 0.3 is 18.2 Å². The molecule has 14 nitrogen and oxygen atoms in total. The fourth-order valence-corrected chi connectivity index (χ4v) is 5.00. The number of pyridine rings is 1. The Labute approximate surface area is 269 Å². The average Bonchev–Trinajstić information content (AvgIpc) is 3.00. The van der Waals surface area contributed by atoms with Gasteiger partial charge in [-0.2, -0.15) is 4.98 Å². The molecule has 2 fully saturated rings. The van der Waals surface area contributed by atoms with Crippen LogP contribution in [0.5, 0.6) is 0 Å². The van der Waals surface area contributed by atoms with Crippen LogP contribution in [0.1, 0.15) is 41.5 Å². The molecule has 1 aromatic carbocycles. The Morgan fingerprint density at radius 1 is 0.696 bits per heavy atom. The van der Waals surface area contributed by atoms with Crippen LogP contribution in [0, 0.1) is 0 Å². The van der Waals surface area contributed by atoms with Gasteiger partial charge in [0.2, 0.25) is 5.95 Å². The molecule has 4 heterocycles. The van der Waals surface area contributed by atoms with Crippen LogP contribution in [0.25, 0.3) is 11.0 Å². The highest BCUT2D eigenvalue weighted by molar-refractivity contribution is 5.90. The quantitative estimate of drug-likeness (QED) is 0.407. The van der Waals surface area contributed by atoms with E-state index in [1.807, 2.05) is 65.8 Å². The molecule has 2 aliphatic rings. The molecule has 0 spiro atoms. The Morgan fingerprint density at radius 3 is 1.80 bits per heavy atom. The first-order valence-corrected chi connectivity index (χ1v) is 15.5. The Hall–Kier alpha value is -4.88. The monoisotopic (exact) mass is 633 g/mol. The molecule has 2 N–H and O–H groups in total. The lowest BCUT2D eigenvalue weighted by Gasteiger charge is -2.36. The Kier molecular flexibility index (Phi) is 9.35. The SMILES string of the molecule is CC(C)(C)OC(=O)N1CCN(C(=O)Nc2ccc3cnc(Nc4ccc(N5CCN(C(=O)OC(C)(C)C)CC5)cc4)nc3n2)CC1. The lowest BCUT2D eigenvalue weighted by molar-refractivity contribution is 0.0172. The van der Waals surface area contributed by atoms with E-state index in [4.69, 9.17) is 9.47 Å². The molecule has 46 heavy (non-hydrogen) atoms. The highest BCUT2D eigenvalue weighted by Gasteiger charge is 2.28. The molecule has 0 unspecified atom stereocenters. The second-order valence-corrected chi connectivity index (χ2v) is 13.3. The van der Waals surface area contributed by atoms with Crippen LogP contribution in [0.4, 0.5) is 37.5 Å². The number of hydrogen-bond donors (Lipinski definition) is 2. The van der Waals surface area contributed by atoms with Gasteiger partial charge in [0.1, 0.15) is 17.0 Å². The van der Waals surface area contributed by atoms with Crippen molar-refractivity contribution in [2.45, 2.75) is 52.7 Å². The van der Waals surface area contributed by atoms with Crippen LogP contribution in [-0.2, 0) is 9.47 Å². The van der Waals surface area contributed by atoms with Gasteiger partial charge in [-0.25, -0.2) is 24.4 Å². The van der Waals surface area contributed by atoms with E-state index < -0.39 is 11.2 Å². The van der Waals surface area contributed by atoms with Gasteiger partial charge in [0.25, 0.3) is 0 Å². The molecule has 0 radical (unpaired) electrons. The standard InChI is InChI=1S/C32H43N9O5/c1-31(2,3)45-29(43)40-17-13-38(14-18-40)24-10-8-23(9-11-24)34-27-33-21-22-7-12-25(35-26(22)37-27)36-28(42)39-15-19-41(20-16-39)30(44)46-32(4,5)6/h7-12,21H,13-20H2,1-6H3,(H2,33,34,35,36,37,42). The van der Waals surface area contributed by atoms with Gasteiger partial charge in [0.15, 0.2) is 5.65 Å². The lowest BCUT2D eigenvalue weighted by Crippen LogP contribution is -2.52. The zero-order valence-electron chi connectivity index (χ0n) is 27.4. The number of anilines is 4. The number of hydrogen-bond acceptors (Lipinski definition) is 10. The third-order valence-corrected chi connectivity index (χ3v) is 7.32. The first-order valence-electron chi connectivity index (χ1n) is 15.5. The summed E-state index contributed by atoms with van der Waals surface area (Å²) in [5.74, 6) is 0.744. The number of carbonyl (C=O) groups excluding carboxylic acids is 3. The third kappa shape index (κ3) is 8.64. The minimum atomic E-state index is -0.569. The summed E-state index contributed by atoms with van der Waals surface area (Å²) in [6, 6.07) is 11.2. The summed E-state index contributed by atoms with van der Waals surface area (Å²) in [5, 5.41) is 6.79. The summed E-state index contributed by atoms with van der Waals surface area (Å²) in [5.41, 5.74) is 1.22. The van der Waals surface area contributed by atoms with Crippen molar-refractivity contribution in [1.29, 1.82) is 0 Å². The summed E-state index contributed by atoms with van der Waals surface area (Å²) in [6.45, 7) is 15.3. The molecule has 4 amide bonds. The van der Waals surface area contributed by atoms with Crippen LogP contribution in [0.3, 0.4) is 0 Å². The fourth-order valence-electron chi connectivity index (χ4n) is 5.00. The first kappa shape index (κ1) is 32.5. The van der Waals surface area contributed by atoms with Gasteiger partial charge in [-0.15, -0.1) is 0 Å². The molecule has 14 heteroatoms. The van der Waals surface area contributed by atoms with Crippen LogP contribution < -0.4 is 15.5 Å². The maximum atomic E-state index is 12.9. The topological polar surface area (TPSA) is 145 Å².